The summed E-state index contributed by atoms with van der Waals surface area (Å²) in [6, 6.07) is 20.6. The molecular formula is C31H36ClN3O5S. The Morgan fingerprint density at radius 1 is 0.976 bits per heavy atom. The number of rotatable bonds is 12. The standard InChI is InChI=1S/C31H36ClN3O5S/c1-23(31(37)33-21-26-7-3-4-8-29(26)40-2)35(22-25-9-14-27(32)15-10-25)30(36)18-13-24-11-16-28(17-12-24)41(38,39)34-19-5-6-20-34/h3-4,7-12,14-17,23H,5-6,13,18-22H2,1-2H3,(H,33,37)/t23-/m1/s1. The number of aryl methyl sites for hydroxylation is 1. The lowest BCUT2D eigenvalue weighted by molar-refractivity contribution is -0.140. The second kappa shape index (κ2) is 14.0. The lowest BCUT2D eigenvalue weighted by atomic mass is 10.1. The first-order valence-electron chi connectivity index (χ1n) is 13.7. The summed E-state index contributed by atoms with van der Waals surface area (Å²) in [5.74, 6) is 0.206. The average Bonchev–Trinajstić information content (AvgIpc) is 3.55. The highest BCUT2D eigenvalue weighted by Crippen LogP contribution is 2.22. The second-order valence-corrected chi connectivity index (χ2v) is 12.5. The Morgan fingerprint density at radius 3 is 2.27 bits per heavy atom. The number of carbonyl (C=O) groups excluding carboxylic acids is 2. The number of sulfonamides is 1. The molecular weight excluding hydrogens is 562 g/mol. The van der Waals surface area contributed by atoms with Crippen LogP contribution in [0.5, 0.6) is 5.75 Å². The van der Waals surface area contributed by atoms with Crippen LogP contribution in [0.3, 0.4) is 0 Å². The topological polar surface area (TPSA) is 96.0 Å². The first kappa shape index (κ1) is 30.6. The molecule has 8 nitrogen and oxygen atoms in total. The number of para-hydroxylation sites is 1. The first-order valence-corrected chi connectivity index (χ1v) is 15.5. The van der Waals surface area contributed by atoms with Crippen molar-refractivity contribution in [2.45, 2.75) is 56.6 Å². The summed E-state index contributed by atoms with van der Waals surface area (Å²) in [5.41, 5.74) is 2.53. The third-order valence-electron chi connectivity index (χ3n) is 7.33. The molecule has 3 aromatic carbocycles. The Bertz CT molecular complexity index is 1440. The van der Waals surface area contributed by atoms with Gasteiger partial charge in [-0.05, 0) is 67.6 Å². The first-order chi connectivity index (χ1) is 19.7. The van der Waals surface area contributed by atoms with Gasteiger partial charge in [-0.3, -0.25) is 9.59 Å². The lowest BCUT2D eigenvalue weighted by Gasteiger charge is -2.29. The molecule has 2 amide bonds. The van der Waals surface area contributed by atoms with Crippen LogP contribution in [0.15, 0.2) is 77.7 Å². The van der Waals surface area contributed by atoms with E-state index in [2.05, 4.69) is 5.32 Å². The Hall–Kier alpha value is -3.40. The third-order valence-corrected chi connectivity index (χ3v) is 9.50. The van der Waals surface area contributed by atoms with Crippen molar-refractivity contribution >= 4 is 33.4 Å². The average molecular weight is 598 g/mol. The molecule has 4 rings (SSSR count). The van der Waals surface area contributed by atoms with E-state index in [9.17, 15) is 18.0 Å². The van der Waals surface area contributed by atoms with Crippen LogP contribution in [-0.4, -0.2) is 55.7 Å². The van der Waals surface area contributed by atoms with E-state index in [4.69, 9.17) is 16.3 Å². The molecule has 0 saturated carbocycles. The van der Waals surface area contributed by atoms with Gasteiger partial charge in [-0.15, -0.1) is 0 Å². The second-order valence-electron chi connectivity index (χ2n) is 10.1. The summed E-state index contributed by atoms with van der Waals surface area (Å²) in [5, 5.41) is 3.51. The third kappa shape index (κ3) is 7.87. The molecule has 1 aliphatic rings. The van der Waals surface area contributed by atoms with Crippen LogP contribution in [0, 0.1) is 0 Å². The molecule has 1 saturated heterocycles. The largest absolute Gasteiger partial charge is 0.496 e. The highest BCUT2D eigenvalue weighted by atomic mass is 35.5. The van der Waals surface area contributed by atoms with Gasteiger partial charge in [0.15, 0.2) is 0 Å². The van der Waals surface area contributed by atoms with Crippen LogP contribution >= 0.6 is 11.6 Å². The highest BCUT2D eigenvalue weighted by Gasteiger charge is 2.28. The molecule has 41 heavy (non-hydrogen) atoms. The number of benzene rings is 3. The number of ether oxygens (including phenoxy) is 1. The number of carbonyl (C=O) groups is 2. The van der Waals surface area contributed by atoms with Gasteiger partial charge in [0, 0.05) is 43.2 Å². The van der Waals surface area contributed by atoms with Gasteiger partial charge in [-0.2, -0.15) is 4.31 Å². The zero-order valence-electron chi connectivity index (χ0n) is 23.4. The van der Waals surface area contributed by atoms with Crippen molar-refractivity contribution in [3.63, 3.8) is 0 Å². The Labute approximate surface area is 247 Å². The zero-order chi connectivity index (χ0) is 29.4. The molecule has 0 aliphatic carbocycles. The summed E-state index contributed by atoms with van der Waals surface area (Å²) >= 11 is 6.05. The number of hydrogen-bond donors (Lipinski definition) is 1. The Kier molecular flexibility index (Phi) is 10.4. The number of halogens is 1. The van der Waals surface area contributed by atoms with Crippen molar-refractivity contribution in [2.75, 3.05) is 20.2 Å². The number of nitrogens with zero attached hydrogens (tertiary/aromatic N) is 2. The van der Waals surface area contributed by atoms with Gasteiger partial charge in [-0.1, -0.05) is 54.1 Å². The number of methoxy groups -OCH3 is 1. The van der Waals surface area contributed by atoms with Crippen LogP contribution in [0.25, 0.3) is 0 Å². The Morgan fingerprint density at radius 2 is 1.61 bits per heavy atom. The van der Waals surface area contributed by atoms with Crippen LogP contribution in [0.4, 0.5) is 0 Å². The molecule has 0 aromatic heterocycles. The van der Waals surface area contributed by atoms with Gasteiger partial charge in [0.2, 0.25) is 21.8 Å². The van der Waals surface area contributed by atoms with Crippen LogP contribution in [0.2, 0.25) is 5.02 Å². The van der Waals surface area contributed by atoms with E-state index in [1.165, 1.54) is 4.31 Å². The van der Waals surface area contributed by atoms with E-state index in [0.29, 0.717) is 30.3 Å². The number of amides is 2. The van der Waals surface area contributed by atoms with Crippen molar-refractivity contribution in [3.8, 4) is 5.75 Å². The maximum Gasteiger partial charge on any atom is 0.243 e. The summed E-state index contributed by atoms with van der Waals surface area (Å²) in [7, 11) is -1.91. The minimum absolute atomic E-state index is 0.163. The monoisotopic (exact) mass is 597 g/mol. The molecule has 1 heterocycles. The van der Waals surface area contributed by atoms with Crippen molar-refractivity contribution in [1.29, 1.82) is 0 Å². The smallest absolute Gasteiger partial charge is 0.243 e. The Balaban J connectivity index is 1.43. The normalized spacial score (nSPS) is 14.4. The van der Waals surface area contributed by atoms with E-state index in [1.54, 1.807) is 55.3 Å². The van der Waals surface area contributed by atoms with Crippen molar-refractivity contribution < 1.29 is 22.7 Å². The summed E-state index contributed by atoms with van der Waals surface area (Å²) < 4.78 is 32.5. The fourth-order valence-electron chi connectivity index (χ4n) is 4.85. The van der Waals surface area contributed by atoms with Crippen molar-refractivity contribution in [1.82, 2.24) is 14.5 Å². The SMILES string of the molecule is COc1ccccc1CNC(=O)[C@@H](C)N(Cc1ccc(Cl)cc1)C(=O)CCc1ccc(S(=O)(=O)N2CCCC2)cc1. The zero-order valence-corrected chi connectivity index (χ0v) is 25.0. The van der Waals surface area contributed by atoms with Gasteiger partial charge >= 0.3 is 0 Å². The maximum atomic E-state index is 13.5. The molecule has 1 atom stereocenters. The van der Waals surface area contributed by atoms with Gasteiger partial charge in [-0.25, -0.2) is 8.42 Å². The number of nitrogens with one attached hydrogen (secondary N) is 1. The minimum Gasteiger partial charge on any atom is -0.496 e. The van der Waals surface area contributed by atoms with E-state index in [-0.39, 0.29) is 36.2 Å². The number of hydrogen-bond acceptors (Lipinski definition) is 5. The van der Waals surface area contributed by atoms with Crippen molar-refractivity contribution in [2.24, 2.45) is 0 Å². The molecule has 1 fully saturated rings. The molecule has 3 aromatic rings. The molecule has 0 bridgehead atoms. The van der Waals surface area contributed by atoms with Gasteiger partial charge < -0.3 is 15.0 Å². The predicted octanol–water partition coefficient (Wildman–Crippen LogP) is 4.80. The van der Waals surface area contributed by atoms with E-state index in [0.717, 1.165) is 29.5 Å². The quantitative estimate of drug-likeness (QED) is 0.324. The predicted molar refractivity (Wildman–Crippen MR) is 159 cm³/mol. The van der Waals surface area contributed by atoms with Gasteiger partial charge in [0.1, 0.15) is 11.8 Å². The highest BCUT2D eigenvalue weighted by molar-refractivity contribution is 7.89. The minimum atomic E-state index is -3.49. The molecule has 218 valence electrons. The molecule has 1 N–H and O–H groups in total. The molecule has 0 unspecified atom stereocenters. The lowest BCUT2D eigenvalue weighted by Crippen LogP contribution is -2.47. The van der Waals surface area contributed by atoms with Crippen molar-refractivity contribution in [3.05, 3.63) is 94.5 Å². The summed E-state index contributed by atoms with van der Waals surface area (Å²) in [4.78, 5) is 28.5. The molecule has 0 spiro atoms. The van der Waals surface area contributed by atoms with Gasteiger partial charge in [0.25, 0.3) is 0 Å². The fourth-order valence-corrected chi connectivity index (χ4v) is 6.49. The maximum absolute atomic E-state index is 13.5. The molecule has 1 aliphatic heterocycles. The molecule has 0 radical (unpaired) electrons. The van der Waals surface area contributed by atoms with Gasteiger partial charge in [0.05, 0.1) is 12.0 Å². The van der Waals surface area contributed by atoms with E-state index in [1.807, 2.05) is 36.4 Å². The summed E-state index contributed by atoms with van der Waals surface area (Å²) in [6.45, 7) is 3.32. The fraction of sp³-hybridized carbons (Fsp3) is 0.355. The summed E-state index contributed by atoms with van der Waals surface area (Å²) in [6.07, 6.45) is 2.33. The van der Waals surface area contributed by atoms with Crippen LogP contribution < -0.4 is 10.1 Å². The van der Waals surface area contributed by atoms with Crippen LogP contribution in [-0.2, 0) is 39.1 Å². The molecule has 10 heteroatoms. The van der Waals surface area contributed by atoms with E-state index >= 15 is 0 Å². The van der Waals surface area contributed by atoms with Crippen LogP contribution in [0.1, 0.15) is 42.9 Å². The van der Waals surface area contributed by atoms with E-state index < -0.39 is 16.1 Å².